The molecule has 0 bridgehead atoms. The number of nitrogens with zero attached hydrogens (tertiary/aromatic N) is 1. The molecule has 0 radical (unpaired) electrons. The van der Waals surface area contributed by atoms with Gasteiger partial charge in [0.2, 0.25) is 0 Å². The highest BCUT2D eigenvalue weighted by atomic mass is 16.2. The maximum atomic E-state index is 12.2. The molecule has 0 saturated heterocycles. The molecule has 1 aliphatic rings. The van der Waals surface area contributed by atoms with Crippen LogP contribution in [0.25, 0.3) is 0 Å². The lowest BCUT2D eigenvalue weighted by Crippen LogP contribution is -2.21. The maximum absolute atomic E-state index is 12.2. The number of anilines is 2. The second kappa shape index (κ2) is 5.58. The largest absolute Gasteiger partial charge is 0.370 e. The molecular formula is C17H19N3O. The minimum absolute atomic E-state index is 0.00384. The van der Waals surface area contributed by atoms with Crippen molar-refractivity contribution in [1.29, 1.82) is 0 Å². The summed E-state index contributed by atoms with van der Waals surface area (Å²) < 4.78 is 0. The van der Waals surface area contributed by atoms with E-state index < -0.39 is 0 Å². The second-order valence-corrected chi connectivity index (χ2v) is 5.55. The van der Waals surface area contributed by atoms with Crippen molar-refractivity contribution in [1.82, 2.24) is 4.90 Å². The fourth-order valence-electron chi connectivity index (χ4n) is 2.65. The zero-order valence-electron chi connectivity index (χ0n) is 12.3. The van der Waals surface area contributed by atoms with Crippen LogP contribution in [0, 0.1) is 0 Å². The molecule has 0 fully saturated rings. The lowest BCUT2D eigenvalue weighted by atomic mass is 10.1. The fraction of sp³-hybridized carbons (Fsp3) is 0.235. The van der Waals surface area contributed by atoms with Crippen molar-refractivity contribution in [3.05, 3.63) is 59.7 Å². The third-order valence-corrected chi connectivity index (χ3v) is 3.60. The quantitative estimate of drug-likeness (QED) is 0.905. The number of benzene rings is 2. The van der Waals surface area contributed by atoms with Crippen molar-refractivity contribution in [2.75, 3.05) is 24.7 Å². The highest BCUT2D eigenvalue weighted by molar-refractivity contribution is 6.04. The van der Waals surface area contributed by atoms with E-state index in [2.05, 4.69) is 21.6 Å². The van der Waals surface area contributed by atoms with Crippen LogP contribution in [0.3, 0.4) is 0 Å². The van der Waals surface area contributed by atoms with Gasteiger partial charge in [-0.25, -0.2) is 0 Å². The molecule has 1 unspecified atom stereocenters. The molecule has 0 saturated carbocycles. The smallest absolute Gasteiger partial charge is 0.251 e. The SMILES string of the molecule is CN(C)Cc1ccccc1NC1C(=O)Nc2ccccc21. The lowest BCUT2D eigenvalue weighted by Gasteiger charge is -2.18. The zero-order valence-corrected chi connectivity index (χ0v) is 12.3. The summed E-state index contributed by atoms with van der Waals surface area (Å²) in [6, 6.07) is 15.6. The molecule has 0 spiro atoms. The normalized spacial score (nSPS) is 16.7. The van der Waals surface area contributed by atoms with Crippen LogP contribution in [0.5, 0.6) is 0 Å². The number of rotatable bonds is 4. The Morgan fingerprint density at radius 3 is 2.62 bits per heavy atom. The molecule has 108 valence electrons. The van der Waals surface area contributed by atoms with Gasteiger partial charge in [-0.15, -0.1) is 0 Å². The van der Waals surface area contributed by atoms with Crippen molar-refractivity contribution in [3.8, 4) is 0 Å². The summed E-state index contributed by atoms with van der Waals surface area (Å²) in [6.07, 6.45) is 0. The van der Waals surface area contributed by atoms with Gasteiger partial charge in [-0.3, -0.25) is 4.79 Å². The predicted octanol–water partition coefficient (Wildman–Crippen LogP) is 2.85. The third kappa shape index (κ3) is 2.76. The average molecular weight is 281 g/mol. The van der Waals surface area contributed by atoms with Gasteiger partial charge >= 0.3 is 0 Å². The van der Waals surface area contributed by atoms with Gasteiger partial charge in [-0.2, -0.15) is 0 Å². The Morgan fingerprint density at radius 1 is 1.10 bits per heavy atom. The Balaban J connectivity index is 1.89. The standard InChI is InChI=1S/C17H19N3O/c1-20(2)11-12-7-3-5-9-14(12)18-16-13-8-4-6-10-15(13)19-17(16)21/h3-10,16,18H,11H2,1-2H3,(H,19,21). The molecule has 21 heavy (non-hydrogen) atoms. The van der Waals surface area contributed by atoms with Gasteiger partial charge in [0.15, 0.2) is 0 Å². The number of hydrogen-bond donors (Lipinski definition) is 2. The van der Waals surface area contributed by atoms with Crippen LogP contribution in [-0.4, -0.2) is 24.9 Å². The Labute approximate surface area is 124 Å². The Hall–Kier alpha value is -2.33. The Morgan fingerprint density at radius 2 is 1.81 bits per heavy atom. The van der Waals surface area contributed by atoms with Crippen molar-refractivity contribution in [3.63, 3.8) is 0 Å². The monoisotopic (exact) mass is 281 g/mol. The molecule has 1 atom stereocenters. The second-order valence-electron chi connectivity index (χ2n) is 5.55. The van der Waals surface area contributed by atoms with E-state index in [-0.39, 0.29) is 11.9 Å². The van der Waals surface area contributed by atoms with Gasteiger partial charge < -0.3 is 15.5 Å². The van der Waals surface area contributed by atoms with Crippen LogP contribution < -0.4 is 10.6 Å². The molecule has 1 amide bonds. The minimum atomic E-state index is -0.329. The van der Waals surface area contributed by atoms with Crippen LogP contribution in [0.4, 0.5) is 11.4 Å². The molecule has 1 heterocycles. The van der Waals surface area contributed by atoms with Gasteiger partial charge in [0.05, 0.1) is 0 Å². The van der Waals surface area contributed by atoms with Crippen LogP contribution in [0.15, 0.2) is 48.5 Å². The number of hydrogen-bond acceptors (Lipinski definition) is 3. The lowest BCUT2D eigenvalue weighted by molar-refractivity contribution is -0.116. The molecule has 2 N–H and O–H groups in total. The van der Waals surface area contributed by atoms with Gasteiger partial charge in [-0.05, 0) is 31.8 Å². The summed E-state index contributed by atoms with van der Waals surface area (Å²) in [5.74, 6) is -0.00384. The molecule has 4 heteroatoms. The number of carbonyl (C=O) groups is 1. The van der Waals surface area contributed by atoms with Crippen molar-refractivity contribution < 1.29 is 4.79 Å². The van der Waals surface area contributed by atoms with E-state index in [0.29, 0.717) is 0 Å². The van der Waals surface area contributed by atoms with E-state index in [1.54, 1.807) is 0 Å². The number of amides is 1. The first-order valence-electron chi connectivity index (χ1n) is 7.04. The molecule has 0 aromatic heterocycles. The minimum Gasteiger partial charge on any atom is -0.370 e. The van der Waals surface area contributed by atoms with E-state index in [1.807, 2.05) is 56.6 Å². The molecule has 2 aromatic carbocycles. The van der Waals surface area contributed by atoms with E-state index >= 15 is 0 Å². The third-order valence-electron chi connectivity index (χ3n) is 3.60. The molecule has 1 aliphatic heterocycles. The van der Waals surface area contributed by atoms with Crippen LogP contribution in [0.2, 0.25) is 0 Å². The molecule has 0 aliphatic carbocycles. The summed E-state index contributed by atoms with van der Waals surface area (Å²) in [6.45, 7) is 0.832. The summed E-state index contributed by atoms with van der Waals surface area (Å²) in [5.41, 5.74) is 4.08. The number of carbonyl (C=O) groups excluding carboxylic acids is 1. The van der Waals surface area contributed by atoms with Crippen molar-refractivity contribution >= 4 is 17.3 Å². The number of fused-ring (bicyclic) bond motifs is 1. The van der Waals surface area contributed by atoms with E-state index in [0.717, 1.165) is 23.5 Å². The van der Waals surface area contributed by atoms with E-state index in [1.165, 1.54) is 5.56 Å². The van der Waals surface area contributed by atoms with Crippen LogP contribution in [0.1, 0.15) is 17.2 Å². The summed E-state index contributed by atoms with van der Waals surface area (Å²) in [7, 11) is 4.07. The molecular weight excluding hydrogens is 262 g/mol. The Bertz CT molecular complexity index is 667. The highest BCUT2D eigenvalue weighted by Crippen LogP contribution is 2.33. The van der Waals surface area contributed by atoms with E-state index in [9.17, 15) is 4.79 Å². The Kier molecular flexibility index (Phi) is 3.62. The fourth-order valence-corrected chi connectivity index (χ4v) is 2.65. The van der Waals surface area contributed by atoms with Gasteiger partial charge in [0.25, 0.3) is 5.91 Å². The topological polar surface area (TPSA) is 44.4 Å². The maximum Gasteiger partial charge on any atom is 0.251 e. The summed E-state index contributed by atoms with van der Waals surface area (Å²) in [4.78, 5) is 14.3. The zero-order chi connectivity index (χ0) is 14.8. The summed E-state index contributed by atoms with van der Waals surface area (Å²) in [5, 5.41) is 6.30. The molecule has 3 rings (SSSR count). The molecule has 4 nitrogen and oxygen atoms in total. The summed E-state index contributed by atoms with van der Waals surface area (Å²) >= 11 is 0. The number of para-hydroxylation sites is 2. The van der Waals surface area contributed by atoms with Gasteiger partial charge in [0.1, 0.15) is 6.04 Å². The van der Waals surface area contributed by atoms with Gasteiger partial charge in [-0.1, -0.05) is 36.4 Å². The first kappa shape index (κ1) is 13.6. The first-order chi connectivity index (χ1) is 10.1. The highest BCUT2D eigenvalue weighted by Gasteiger charge is 2.30. The van der Waals surface area contributed by atoms with Crippen LogP contribution in [-0.2, 0) is 11.3 Å². The van der Waals surface area contributed by atoms with Gasteiger partial charge in [0, 0.05) is 23.5 Å². The molecule has 2 aromatic rings. The average Bonchev–Trinajstić information content (AvgIpc) is 2.77. The van der Waals surface area contributed by atoms with E-state index in [4.69, 9.17) is 0 Å². The number of nitrogens with one attached hydrogen (secondary N) is 2. The first-order valence-corrected chi connectivity index (χ1v) is 7.04. The van der Waals surface area contributed by atoms with Crippen LogP contribution >= 0.6 is 0 Å². The van der Waals surface area contributed by atoms with Crippen molar-refractivity contribution in [2.45, 2.75) is 12.6 Å². The van der Waals surface area contributed by atoms with Crippen molar-refractivity contribution in [2.24, 2.45) is 0 Å². The predicted molar refractivity (Wildman–Crippen MR) is 85.3 cm³/mol.